The third-order valence-corrected chi connectivity index (χ3v) is 5.50. The minimum Gasteiger partial charge on any atom is -0.378 e. The molecule has 2 aliphatic heterocycles. The molecular weight excluding hydrogens is 330 g/mol. The van der Waals surface area contributed by atoms with Crippen molar-refractivity contribution in [3.8, 4) is 0 Å². The van der Waals surface area contributed by atoms with Crippen LogP contribution in [0.4, 0.5) is 0 Å². The number of carbonyl (C=O) groups excluding carboxylic acids is 2. The van der Waals surface area contributed by atoms with Gasteiger partial charge in [0.25, 0.3) is 5.91 Å². The van der Waals surface area contributed by atoms with Crippen LogP contribution in [-0.2, 0) is 9.53 Å². The van der Waals surface area contributed by atoms with Crippen molar-refractivity contribution in [2.75, 3.05) is 33.3 Å². The molecular formula is C20H29N3O3. The van der Waals surface area contributed by atoms with Gasteiger partial charge in [-0.3, -0.25) is 14.6 Å². The van der Waals surface area contributed by atoms with Gasteiger partial charge in [0.2, 0.25) is 5.91 Å². The van der Waals surface area contributed by atoms with Crippen LogP contribution in [0.3, 0.4) is 0 Å². The van der Waals surface area contributed by atoms with Gasteiger partial charge in [0.1, 0.15) is 0 Å². The average Bonchev–Trinajstić information content (AvgIpc) is 2.72. The van der Waals surface area contributed by atoms with Gasteiger partial charge in [-0.25, -0.2) is 0 Å². The first-order valence-corrected chi connectivity index (χ1v) is 9.71. The zero-order chi connectivity index (χ0) is 18.4. The van der Waals surface area contributed by atoms with Crippen molar-refractivity contribution >= 4 is 11.8 Å². The number of hydrogen-bond acceptors (Lipinski definition) is 4. The van der Waals surface area contributed by atoms with Gasteiger partial charge in [0, 0.05) is 57.2 Å². The molecule has 26 heavy (non-hydrogen) atoms. The Hall–Kier alpha value is -1.95. The van der Waals surface area contributed by atoms with E-state index in [9.17, 15) is 9.59 Å². The highest BCUT2D eigenvalue weighted by molar-refractivity contribution is 5.94. The highest BCUT2D eigenvalue weighted by atomic mass is 16.5. The van der Waals surface area contributed by atoms with Gasteiger partial charge in [-0.15, -0.1) is 0 Å². The second-order valence-electron chi connectivity index (χ2n) is 7.34. The second-order valence-corrected chi connectivity index (χ2v) is 7.34. The Kier molecular flexibility index (Phi) is 6.61. The van der Waals surface area contributed by atoms with Crippen LogP contribution in [-0.4, -0.2) is 66.0 Å². The highest BCUT2D eigenvalue weighted by Gasteiger charge is 2.29. The molecule has 6 nitrogen and oxygen atoms in total. The fraction of sp³-hybridized carbons (Fsp3) is 0.650. The fourth-order valence-corrected chi connectivity index (χ4v) is 3.80. The number of carbonyl (C=O) groups is 2. The lowest BCUT2D eigenvalue weighted by molar-refractivity contribution is -0.136. The summed E-state index contributed by atoms with van der Waals surface area (Å²) >= 11 is 0. The molecule has 3 heterocycles. The summed E-state index contributed by atoms with van der Waals surface area (Å²) in [6, 6.07) is 3.47. The number of likely N-dealkylation sites (tertiary alicyclic amines) is 1. The maximum Gasteiger partial charge on any atom is 0.253 e. The number of nitrogens with zero attached hydrogens (tertiary/aromatic N) is 3. The molecule has 3 rings (SSSR count). The van der Waals surface area contributed by atoms with E-state index >= 15 is 0 Å². The molecule has 0 spiro atoms. The second kappa shape index (κ2) is 9.12. The fourth-order valence-electron chi connectivity index (χ4n) is 3.80. The van der Waals surface area contributed by atoms with Crippen LogP contribution in [0.5, 0.6) is 0 Å². The quantitative estimate of drug-likeness (QED) is 0.810. The lowest BCUT2D eigenvalue weighted by Crippen LogP contribution is -2.44. The molecule has 1 atom stereocenters. The first-order valence-electron chi connectivity index (χ1n) is 9.71. The third kappa shape index (κ3) is 4.81. The molecule has 2 amide bonds. The largest absolute Gasteiger partial charge is 0.378 e. The minimum atomic E-state index is 0.0220. The number of rotatable bonds is 5. The Bertz CT molecular complexity index is 594. The highest BCUT2D eigenvalue weighted by Crippen LogP contribution is 2.22. The number of piperidine rings is 1. The summed E-state index contributed by atoms with van der Waals surface area (Å²) in [7, 11) is 1.89. The summed E-state index contributed by atoms with van der Waals surface area (Å²) in [4.78, 5) is 32.8. The number of hydrogen-bond donors (Lipinski definition) is 0. The molecule has 2 fully saturated rings. The Morgan fingerprint density at radius 2 is 1.92 bits per heavy atom. The maximum absolute atomic E-state index is 12.7. The van der Waals surface area contributed by atoms with E-state index in [-0.39, 0.29) is 17.7 Å². The van der Waals surface area contributed by atoms with E-state index in [1.54, 1.807) is 24.5 Å². The summed E-state index contributed by atoms with van der Waals surface area (Å²) < 4.78 is 5.75. The summed E-state index contributed by atoms with van der Waals surface area (Å²) in [5, 5.41) is 0. The predicted octanol–water partition coefficient (Wildman–Crippen LogP) is 2.35. The normalized spacial score (nSPS) is 21.4. The van der Waals surface area contributed by atoms with Gasteiger partial charge < -0.3 is 14.5 Å². The Morgan fingerprint density at radius 3 is 2.58 bits per heavy atom. The number of aromatic nitrogens is 1. The first kappa shape index (κ1) is 18.8. The monoisotopic (exact) mass is 359 g/mol. The van der Waals surface area contributed by atoms with Crippen molar-refractivity contribution in [3.63, 3.8) is 0 Å². The zero-order valence-corrected chi connectivity index (χ0v) is 15.6. The Morgan fingerprint density at radius 1 is 1.19 bits per heavy atom. The van der Waals surface area contributed by atoms with Crippen LogP contribution >= 0.6 is 0 Å². The molecule has 0 saturated carbocycles. The molecule has 0 aromatic carbocycles. The lowest BCUT2D eigenvalue weighted by Gasteiger charge is -2.33. The van der Waals surface area contributed by atoms with Crippen LogP contribution in [0.1, 0.15) is 48.9 Å². The van der Waals surface area contributed by atoms with E-state index in [2.05, 4.69) is 4.98 Å². The topological polar surface area (TPSA) is 62.7 Å². The Balaban J connectivity index is 1.43. The first-order chi connectivity index (χ1) is 12.6. The van der Waals surface area contributed by atoms with Crippen LogP contribution in [0.2, 0.25) is 0 Å². The molecule has 0 radical (unpaired) electrons. The number of pyridine rings is 1. The third-order valence-electron chi connectivity index (χ3n) is 5.50. The van der Waals surface area contributed by atoms with Crippen molar-refractivity contribution in [2.45, 2.75) is 44.6 Å². The molecule has 0 N–H and O–H groups in total. The summed E-state index contributed by atoms with van der Waals surface area (Å²) in [6.07, 6.45) is 9.45. The predicted molar refractivity (Wildman–Crippen MR) is 98.7 cm³/mol. The molecule has 142 valence electrons. The van der Waals surface area contributed by atoms with Gasteiger partial charge >= 0.3 is 0 Å². The van der Waals surface area contributed by atoms with Crippen molar-refractivity contribution in [2.24, 2.45) is 5.92 Å². The van der Waals surface area contributed by atoms with Gasteiger partial charge in [0.15, 0.2) is 0 Å². The van der Waals surface area contributed by atoms with E-state index in [0.717, 1.165) is 45.3 Å². The van der Waals surface area contributed by atoms with Crippen LogP contribution in [0.15, 0.2) is 24.5 Å². The van der Waals surface area contributed by atoms with Crippen molar-refractivity contribution in [3.05, 3.63) is 30.1 Å². The van der Waals surface area contributed by atoms with Crippen LogP contribution in [0, 0.1) is 5.92 Å². The lowest BCUT2D eigenvalue weighted by atomic mass is 9.94. The van der Waals surface area contributed by atoms with E-state index in [0.29, 0.717) is 24.8 Å². The Labute approximate surface area is 155 Å². The van der Waals surface area contributed by atoms with E-state index in [1.807, 2.05) is 16.8 Å². The van der Waals surface area contributed by atoms with Crippen LogP contribution < -0.4 is 0 Å². The van der Waals surface area contributed by atoms with Gasteiger partial charge in [-0.2, -0.15) is 0 Å². The molecule has 1 aromatic heterocycles. The van der Waals surface area contributed by atoms with Gasteiger partial charge in [-0.1, -0.05) is 0 Å². The van der Waals surface area contributed by atoms with Crippen molar-refractivity contribution in [1.82, 2.24) is 14.8 Å². The maximum atomic E-state index is 12.7. The van der Waals surface area contributed by atoms with E-state index in [4.69, 9.17) is 4.74 Å². The molecule has 6 heteroatoms. The summed E-state index contributed by atoms with van der Waals surface area (Å²) in [5.41, 5.74) is 0.661. The number of ether oxygens (including phenoxy) is 1. The zero-order valence-electron chi connectivity index (χ0n) is 15.6. The summed E-state index contributed by atoms with van der Waals surface area (Å²) in [6.45, 7) is 2.88. The molecule has 0 aliphatic carbocycles. The molecule has 0 bridgehead atoms. The number of amides is 2. The van der Waals surface area contributed by atoms with E-state index in [1.165, 1.54) is 6.42 Å². The summed E-state index contributed by atoms with van der Waals surface area (Å²) in [5.74, 6) is 0.256. The molecule has 1 aromatic rings. The smallest absolute Gasteiger partial charge is 0.253 e. The molecule has 1 unspecified atom stereocenters. The van der Waals surface area contributed by atoms with Crippen molar-refractivity contribution in [1.29, 1.82) is 0 Å². The van der Waals surface area contributed by atoms with Crippen LogP contribution in [0.25, 0.3) is 0 Å². The van der Waals surface area contributed by atoms with Gasteiger partial charge in [-0.05, 0) is 50.7 Å². The minimum absolute atomic E-state index is 0.0220. The average molecular weight is 359 g/mol. The SMILES string of the molecule is CN(CCC1CCCCO1)C(=O)C1CCN(C(=O)c2ccncc2)CC1. The van der Waals surface area contributed by atoms with Crippen molar-refractivity contribution < 1.29 is 14.3 Å². The molecule has 2 aliphatic rings. The standard InChI is InChI=1S/C20H29N3O3/c1-22(12-9-18-4-2-3-15-26-18)19(24)17-7-13-23(14-8-17)20(25)16-5-10-21-11-6-16/h5-6,10-11,17-18H,2-4,7-9,12-15H2,1H3. The van der Waals surface area contributed by atoms with Gasteiger partial charge in [0.05, 0.1) is 6.10 Å². The molecule has 2 saturated heterocycles. The van der Waals surface area contributed by atoms with E-state index < -0.39 is 0 Å².